The minimum Gasteiger partial charge on any atom is -0.467 e. The van der Waals surface area contributed by atoms with Gasteiger partial charge in [-0.25, -0.2) is 9.59 Å². The quantitative estimate of drug-likeness (QED) is 0.761. The van der Waals surface area contributed by atoms with Crippen LogP contribution in [0.4, 0.5) is 0 Å². The van der Waals surface area contributed by atoms with Crippen LogP contribution in [0.1, 0.15) is 32.6 Å². The van der Waals surface area contributed by atoms with Crippen molar-refractivity contribution in [2.45, 2.75) is 32.9 Å². The van der Waals surface area contributed by atoms with Crippen LogP contribution in [0.5, 0.6) is 0 Å². The van der Waals surface area contributed by atoms with Gasteiger partial charge in [0.05, 0.1) is 12.7 Å². The van der Waals surface area contributed by atoms with Crippen molar-refractivity contribution in [3.05, 3.63) is 70.3 Å². The fraction of sp³-hybridized carbons (Fsp3) is 0.318. The highest BCUT2D eigenvalue weighted by molar-refractivity contribution is 5.93. The zero-order valence-electron chi connectivity index (χ0n) is 16.2. The van der Waals surface area contributed by atoms with Gasteiger partial charge in [0.15, 0.2) is 6.61 Å². The van der Waals surface area contributed by atoms with Crippen LogP contribution >= 0.6 is 0 Å². The summed E-state index contributed by atoms with van der Waals surface area (Å²) in [6.07, 6.45) is 0.375. The monoisotopic (exact) mass is 381 g/mol. The third kappa shape index (κ3) is 4.06. The van der Waals surface area contributed by atoms with Gasteiger partial charge in [-0.2, -0.15) is 0 Å². The van der Waals surface area contributed by atoms with Crippen LogP contribution in [-0.2, 0) is 32.0 Å². The maximum Gasteiger partial charge on any atom is 0.338 e. The van der Waals surface area contributed by atoms with Crippen molar-refractivity contribution in [1.82, 2.24) is 4.90 Å². The molecular weight excluding hydrogens is 358 g/mol. The van der Waals surface area contributed by atoms with Crippen molar-refractivity contribution >= 4 is 17.8 Å². The van der Waals surface area contributed by atoms with Gasteiger partial charge in [-0.15, -0.1) is 0 Å². The predicted octanol–water partition coefficient (Wildman–Crippen LogP) is 2.59. The van der Waals surface area contributed by atoms with E-state index in [9.17, 15) is 14.4 Å². The Morgan fingerprint density at radius 2 is 1.79 bits per heavy atom. The van der Waals surface area contributed by atoms with E-state index < -0.39 is 30.5 Å². The number of fused-ring (bicyclic) bond motifs is 1. The van der Waals surface area contributed by atoms with Crippen LogP contribution in [0, 0.1) is 13.8 Å². The lowest BCUT2D eigenvalue weighted by Gasteiger charge is -2.35. The lowest BCUT2D eigenvalue weighted by Crippen LogP contribution is -2.50. The lowest BCUT2D eigenvalue weighted by atomic mass is 9.94. The molecule has 0 fully saturated rings. The molecular formula is C22H23NO5. The Hall–Kier alpha value is -3.15. The average Bonchev–Trinajstić information content (AvgIpc) is 2.70. The van der Waals surface area contributed by atoms with E-state index in [2.05, 4.69) is 0 Å². The molecule has 28 heavy (non-hydrogen) atoms. The molecule has 6 nitrogen and oxygen atoms in total. The summed E-state index contributed by atoms with van der Waals surface area (Å²) in [5.41, 5.74) is 4.23. The van der Waals surface area contributed by atoms with Gasteiger partial charge >= 0.3 is 11.9 Å². The Kier molecular flexibility index (Phi) is 5.78. The third-order valence-corrected chi connectivity index (χ3v) is 4.97. The largest absolute Gasteiger partial charge is 0.467 e. The number of hydrogen-bond acceptors (Lipinski definition) is 5. The fourth-order valence-corrected chi connectivity index (χ4v) is 3.46. The highest BCUT2D eigenvalue weighted by atomic mass is 16.5. The number of ether oxygens (including phenoxy) is 2. The maximum atomic E-state index is 12.8. The van der Waals surface area contributed by atoms with Crippen molar-refractivity contribution in [2.24, 2.45) is 0 Å². The number of rotatable bonds is 4. The van der Waals surface area contributed by atoms with Crippen molar-refractivity contribution < 1.29 is 23.9 Å². The van der Waals surface area contributed by atoms with Crippen molar-refractivity contribution in [2.75, 3.05) is 13.7 Å². The molecule has 3 rings (SSSR count). The molecule has 1 amide bonds. The van der Waals surface area contributed by atoms with Crippen LogP contribution in [0.2, 0.25) is 0 Å². The molecule has 1 aliphatic rings. The molecule has 0 aromatic heterocycles. The van der Waals surface area contributed by atoms with Gasteiger partial charge in [-0.05, 0) is 36.6 Å². The predicted molar refractivity (Wildman–Crippen MR) is 103 cm³/mol. The first-order valence-electron chi connectivity index (χ1n) is 9.09. The summed E-state index contributed by atoms with van der Waals surface area (Å²) in [4.78, 5) is 38.7. The Balaban J connectivity index is 1.72. The van der Waals surface area contributed by atoms with Gasteiger partial charge in [-0.3, -0.25) is 4.79 Å². The summed E-state index contributed by atoms with van der Waals surface area (Å²) in [6.45, 7) is 3.60. The summed E-state index contributed by atoms with van der Waals surface area (Å²) >= 11 is 0. The average molecular weight is 381 g/mol. The summed E-state index contributed by atoms with van der Waals surface area (Å²) in [6, 6.07) is 12.3. The van der Waals surface area contributed by atoms with Gasteiger partial charge in [-0.1, -0.05) is 42.0 Å². The van der Waals surface area contributed by atoms with Crippen molar-refractivity contribution in [1.29, 1.82) is 0 Å². The molecule has 0 aliphatic carbocycles. The number of methoxy groups -OCH3 is 1. The van der Waals surface area contributed by atoms with E-state index in [0.717, 1.165) is 22.3 Å². The number of hydrogen-bond donors (Lipinski definition) is 0. The topological polar surface area (TPSA) is 72.9 Å². The molecule has 0 saturated carbocycles. The molecule has 1 heterocycles. The second-order valence-corrected chi connectivity index (χ2v) is 6.93. The molecule has 0 radical (unpaired) electrons. The number of benzene rings is 2. The van der Waals surface area contributed by atoms with E-state index in [4.69, 9.17) is 9.47 Å². The second-order valence-electron chi connectivity index (χ2n) is 6.93. The molecule has 146 valence electrons. The van der Waals surface area contributed by atoms with Gasteiger partial charge < -0.3 is 14.4 Å². The molecule has 0 saturated heterocycles. The number of carbonyl (C=O) groups is 3. The standard InChI is InChI=1S/C22H23NO5/c1-14-8-9-18(15(2)10-14)21(25)28-13-20(24)23-12-17-7-5-4-6-16(17)11-19(23)22(26)27-3/h4-10,19H,11-13H2,1-3H3/t19-/m1/s1. The van der Waals surface area contributed by atoms with Crippen LogP contribution in [0.3, 0.4) is 0 Å². The van der Waals surface area contributed by atoms with E-state index in [1.54, 1.807) is 6.07 Å². The van der Waals surface area contributed by atoms with Gasteiger partial charge in [0, 0.05) is 13.0 Å². The van der Waals surface area contributed by atoms with E-state index in [1.165, 1.54) is 12.0 Å². The Labute approximate surface area is 164 Å². The Bertz CT molecular complexity index is 921. The first kappa shape index (κ1) is 19.6. The van der Waals surface area contributed by atoms with Gasteiger partial charge in [0.2, 0.25) is 0 Å². The van der Waals surface area contributed by atoms with Crippen LogP contribution in [0.25, 0.3) is 0 Å². The molecule has 1 atom stereocenters. The molecule has 0 bridgehead atoms. The first-order valence-corrected chi connectivity index (χ1v) is 9.09. The normalized spacial score (nSPS) is 15.5. The molecule has 6 heteroatoms. The Morgan fingerprint density at radius 1 is 1.07 bits per heavy atom. The number of aryl methyl sites for hydroxylation is 2. The van der Waals surface area contributed by atoms with E-state index in [0.29, 0.717) is 12.0 Å². The highest BCUT2D eigenvalue weighted by Gasteiger charge is 2.35. The molecule has 2 aromatic carbocycles. The van der Waals surface area contributed by atoms with E-state index in [1.807, 2.05) is 50.2 Å². The van der Waals surface area contributed by atoms with Crippen LogP contribution in [-0.4, -0.2) is 42.5 Å². The van der Waals surface area contributed by atoms with Crippen LogP contribution < -0.4 is 0 Å². The SMILES string of the molecule is COC(=O)[C@H]1Cc2ccccc2CN1C(=O)COC(=O)c1ccc(C)cc1C. The van der Waals surface area contributed by atoms with E-state index >= 15 is 0 Å². The molecule has 1 aliphatic heterocycles. The molecule has 0 unspecified atom stereocenters. The zero-order chi connectivity index (χ0) is 20.3. The summed E-state index contributed by atoms with van der Waals surface area (Å²) < 4.78 is 10.1. The number of nitrogens with zero attached hydrogens (tertiary/aromatic N) is 1. The number of esters is 2. The van der Waals surface area contributed by atoms with Gasteiger partial charge in [0.1, 0.15) is 6.04 Å². The van der Waals surface area contributed by atoms with Crippen molar-refractivity contribution in [3.8, 4) is 0 Å². The Morgan fingerprint density at radius 3 is 2.46 bits per heavy atom. The lowest BCUT2D eigenvalue weighted by molar-refractivity contribution is -0.155. The minimum absolute atomic E-state index is 0.274. The number of carbonyl (C=O) groups excluding carboxylic acids is 3. The number of amides is 1. The second kappa shape index (κ2) is 8.25. The zero-order valence-corrected chi connectivity index (χ0v) is 16.2. The first-order chi connectivity index (χ1) is 13.4. The third-order valence-electron chi connectivity index (χ3n) is 4.97. The summed E-state index contributed by atoms with van der Waals surface area (Å²) in [7, 11) is 1.30. The molecule has 0 N–H and O–H groups in total. The smallest absolute Gasteiger partial charge is 0.338 e. The highest BCUT2D eigenvalue weighted by Crippen LogP contribution is 2.24. The van der Waals surface area contributed by atoms with E-state index in [-0.39, 0.29) is 6.54 Å². The minimum atomic E-state index is -0.729. The van der Waals surface area contributed by atoms with Gasteiger partial charge in [0.25, 0.3) is 5.91 Å². The van der Waals surface area contributed by atoms with Crippen molar-refractivity contribution in [3.63, 3.8) is 0 Å². The molecule has 2 aromatic rings. The summed E-state index contributed by atoms with van der Waals surface area (Å²) in [5.74, 6) is -1.47. The summed E-state index contributed by atoms with van der Waals surface area (Å²) in [5, 5.41) is 0. The van der Waals surface area contributed by atoms with Crippen LogP contribution in [0.15, 0.2) is 42.5 Å². The fourth-order valence-electron chi connectivity index (χ4n) is 3.46. The maximum absolute atomic E-state index is 12.8. The molecule has 0 spiro atoms.